The van der Waals surface area contributed by atoms with Gasteiger partial charge in [-0.2, -0.15) is 5.26 Å². The smallest absolute Gasteiger partial charge is 0.221 e. The number of ether oxygens (including phenoxy) is 1. The molecule has 5 heteroatoms. The molecule has 0 saturated carbocycles. The Labute approximate surface area is 155 Å². The Balaban J connectivity index is 1.78. The standard InChI is InChI=1S/C21H25N3O2/c1-16(2)24-21(25)9-10-23-14-18-6-4-8-20(12-18)26-15-19-7-3-5-17(11-19)13-22/h3-8,11-12,16,23H,9-10,14-15H2,1-2H3,(H,24,25). The summed E-state index contributed by atoms with van der Waals surface area (Å²) in [5.41, 5.74) is 2.69. The topological polar surface area (TPSA) is 74.2 Å². The zero-order chi connectivity index (χ0) is 18.8. The Morgan fingerprint density at radius 3 is 2.69 bits per heavy atom. The zero-order valence-electron chi connectivity index (χ0n) is 15.3. The third-order valence-electron chi connectivity index (χ3n) is 3.67. The molecule has 0 unspecified atom stereocenters. The number of rotatable bonds is 9. The molecule has 26 heavy (non-hydrogen) atoms. The molecule has 2 rings (SSSR count). The number of carbonyl (C=O) groups is 1. The molecule has 0 bridgehead atoms. The molecule has 0 atom stereocenters. The number of hydrogen-bond acceptors (Lipinski definition) is 4. The van der Waals surface area contributed by atoms with E-state index in [9.17, 15) is 4.79 Å². The Kier molecular flexibility index (Phi) is 7.66. The lowest BCUT2D eigenvalue weighted by atomic mass is 10.1. The SMILES string of the molecule is CC(C)NC(=O)CCNCc1cccc(OCc2cccc(C#N)c2)c1. The summed E-state index contributed by atoms with van der Waals surface area (Å²) in [7, 11) is 0. The number of hydrogen-bond donors (Lipinski definition) is 2. The fourth-order valence-electron chi connectivity index (χ4n) is 2.47. The molecule has 0 radical (unpaired) electrons. The van der Waals surface area contributed by atoms with Gasteiger partial charge in [0.15, 0.2) is 0 Å². The van der Waals surface area contributed by atoms with E-state index < -0.39 is 0 Å². The minimum absolute atomic E-state index is 0.0594. The Bertz CT molecular complexity index is 766. The van der Waals surface area contributed by atoms with Crippen LogP contribution in [0.1, 0.15) is 37.0 Å². The summed E-state index contributed by atoms with van der Waals surface area (Å²) < 4.78 is 5.82. The molecule has 0 heterocycles. The first-order valence-corrected chi connectivity index (χ1v) is 8.77. The lowest BCUT2D eigenvalue weighted by Gasteiger charge is -2.10. The van der Waals surface area contributed by atoms with Crippen molar-refractivity contribution in [2.75, 3.05) is 6.54 Å². The Morgan fingerprint density at radius 1 is 1.15 bits per heavy atom. The minimum Gasteiger partial charge on any atom is -0.489 e. The van der Waals surface area contributed by atoms with Crippen molar-refractivity contribution in [3.8, 4) is 11.8 Å². The highest BCUT2D eigenvalue weighted by Gasteiger charge is 2.03. The van der Waals surface area contributed by atoms with Crippen molar-refractivity contribution in [1.29, 1.82) is 5.26 Å². The number of nitrogens with zero attached hydrogens (tertiary/aromatic N) is 1. The van der Waals surface area contributed by atoms with Gasteiger partial charge in [-0.1, -0.05) is 24.3 Å². The van der Waals surface area contributed by atoms with Gasteiger partial charge in [0.2, 0.25) is 5.91 Å². The molecule has 0 saturated heterocycles. The molecule has 0 aliphatic rings. The fourth-order valence-corrected chi connectivity index (χ4v) is 2.47. The highest BCUT2D eigenvalue weighted by Crippen LogP contribution is 2.15. The predicted octanol–water partition coefficient (Wildman–Crippen LogP) is 3.14. The number of nitriles is 1. The van der Waals surface area contributed by atoms with Gasteiger partial charge in [-0.05, 0) is 49.2 Å². The molecule has 136 valence electrons. The third-order valence-corrected chi connectivity index (χ3v) is 3.67. The molecule has 2 N–H and O–H groups in total. The molecule has 2 aromatic carbocycles. The monoisotopic (exact) mass is 351 g/mol. The molecular weight excluding hydrogens is 326 g/mol. The van der Waals surface area contributed by atoms with E-state index >= 15 is 0 Å². The van der Waals surface area contributed by atoms with Gasteiger partial charge >= 0.3 is 0 Å². The van der Waals surface area contributed by atoms with E-state index in [1.54, 1.807) is 6.07 Å². The van der Waals surface area contributed by atoms with Gasteiger partial charge in [0.05, 0.1) is 11.6 Å². The lowest BCUT2D eigenvalue weighted by Crippen LogP contribution is -2.32. The summed E-state index contributed by atoms with van der Waals surface area (Å²) in [5.74, 6) is 0.841. The van der Waals surface area contributed by atoms with Crippen LogP contribution in [0.15, 0.2) is 48.5 Å². The molecular formula is C21H25N3O2. The number of benzene rings is 2. The second-order valence-electron chi connectivity index (χ2n) is 6.40. The number of amides is 1. The van der Waals surface area contributed by atoms with E-state index in [-0.39, 0.29) is 11.9 Å². The van der Waals surface area contributed by atoms with Crippen LogP contribution in [0.4, 0.5) is 0 Å². The second kappa shape index (κ2) is 10.2. The van der Waals surface area contributed by atoms with Crippen LogP contribution in [-0.4, -0.2) is 18.5 Å². The quantitative estimate of drug-likeness (QED) is 0.681. The van der Waals surface area contributed by atoms with Crippen LogP contribution >= 0.6 is 0 Å². The van der Waals surface area contributed by atoms with E-state index in [0.29, 0.717) is 31.7 Å². The second-order valence-corrected chi connectivity index (χ2v) is 6.40. The molecule has 1 amide bonds. The highest BCUT2D eigenvalue weighted by molar-refractivity contribution is 5.76. The Hall–Kier alpha value is -2.84. The van der Waals surface area contributed by atoms with E-state index in [2.05, 4.69) is 16.7 Å². The Morgan fingerprint density at radius 2 is 1.92 bits per heavy atom. The van der Waals surface area contributed by atoms with Crippen molar-refractivity contribution in [3.05, 3.63) is 65.2 Å². The normalized spacial score (nSPS) is 10.4. The van der Waals surface area contributed by atoms with Gasteiger partial charge in [0, 0.05) is 25.6 Å². The van der Waals surface area contributed by atoms with Crippen LogP contribution in [0, 0.1) is 11.3 Å². The van der Waals surface area contributed by atoms with Crippen LogP contribution in [0.3, 0.4) is 0 Å². The molecule has 5 nitrogen and oxygen atoms in total. The van der Waals surface area contributed by atoms with Crippen molar-refractivity contribution < 1.29 is 9.53 Å². The van der Waals surface area contributed by atoms with E-state index in [1.165, 1.54) is 0 Å². The van der Waals surface area contributed by atoms with Gasteiger partial charge in [-0.3, -0.25) is 4.79 Å². The average molecular weight is 351 g/mol. The van der Waals surface area contributed by atoms with Gasteiger partial charge < -0.3 is 15.4 Å². The van der Waals surface area contributed by atoms with Crippen LogP contribution in [0.2, 0.25) is 0 Å². The number of carbonyl (C=O) groups excluding carboxylic acids is 1. The fraction of sp³-hybridized carbons (Fsp3) is 0.333. The highest BCUT2D eigenvalue weighted by atomic mass is 16.5. The molecule has 0 aromatic heterocycles. The van der Waals surface area contributed by atoms with Crippen LogP contribution in [0.5, 0.6) is 5.75 Å². The predicted molar refractivity (Wildman–Crippen MR) is 102 cm³/mol. The van der Waals surface area contributed by atoms with Crippen molar-refractivity contribution in [1.82, 2.24) is 10.6 Å². The van der Waals surface area contributed by atoms with Crippen molar-refractivity contribution >= 4 is 5.91 Å². The summed E-state index contributed by atoms with van der Waals surface area (Å²) in [5, 5.41) is 15.1. The molecule has 0 aliphatic carbocycles. The summed E-state index contributed by atoms with van der Waals surface area (Å²) in [6, 6.07) is 17.6. The molecule has 2 aromatic rings. The lowest BCUT2D eigenvalue weighted by molar-refractivity contribution is -0.121. The average Bonchev–Trinajstić information content (AvgIpc) is 2.63. The van der Waals surface area contributed by atoms with Gasteiger partial charge in [-0.15, -0.1) is 0 Å². The van der Waals surface area contributed by atoms with Crippen LogP contribution in [-0.2, 0) is 17.9 Å². The summed E-state index contributed by atoms with van der Waals surface area (Å²) in [6.07, 6.45) is 0.462. The van der Waals surface area contributed by atoms with E-state index in [0.717, 1.165) is 16.9 Å². The summed E-state index contributed by atoms with van der Waals surface area (Å²) in [4.78, 5) is 11.6. The number of nitrogens with one attached hydrogen (secondary N) is 2. The zero-order valence-corrected chi connectivity index (χ0v) is 15.3. The van der Waals surface area contributed by atoms with E-state index in [1.807, 2.05) is 56.3 Å². The molecule has 0 spiro atoms. The van der Waals surface area contributed by atoms with Gasteiger partial charge in [0.25, 0.3) is 0 Å². The first-order chi connectivity index (χ1) is 12.6. The van der Waals surface area contributed by atoms with Crippen LogP contribution in [0.25, 0.3) is 0 Å². The van der Waals surface area contributed by atoms with Crippen molar-refractivity contribution in [3.63, 3.8) is 0 Å². The first-order valence-electron chi connectivity index (χ1n) is 8.77. The van der Waals surface area contributed by atoms with Crippen molar-refractivity contribution in [2.45, 2.75) is 39.5 Å². The van der Waals surface area contributed by atoms with Gasteiger partial charge in [-0.25, -0.2) is 0 Å². The van der Waals surface area contributed by atoms with Crippen molar-refractivity contribution in [2.24, 2.45) is 0 Å². The van der Waals surface area contributed by atoms with Crippen LogP contribution < -0.4 is 15.4 Å². The first kappa shape index (κ1) is 19.5. The summed E-state index contributed by atoms with van der Waals surface area (Å²) >= 11 is 0. The molecule has 0 aliphatic heterocycles. The maximum Gasteiger partial charge on any atom is 0.221 e. The summed E-state index contributed by atoms with van der Waals surface area (Å²) in [6.45, 7) is 5.63. The largest absolute Gasteiger partial charge is 0.489 e. The molecule has 0 fully saturated rings. The van der Waals surface area contributed by atoms with Gasteiger partial charge in [0.1, 0.15) is 12.4 Å². The van der Waals surface area contributed by atoms with E-state index in [4.69, 9.17) is 10.00 Å². The third kappa shape index (κ3) is 6.96. The maximum atomic E-state index is 11.6. The maximum absolute atomic E-state index is 11.6. The minimum atomic E-state index is 0.0594.